The van der Waals surface area contributed by atoms with E-state index >= 15 is 0 Å². The summed E-state index contributed by atoms with van der Waals surface area (Å²) in [6.07, 6.45) is 1.67. The average Bonchev–Trinajstić information content (AvgIpc) is 2.03. The number of ether oxygens (including phenoxy) is 1. The van der Waals surface area contributed by atoms with E-state index in [0.717, 1.165) is 12.8 Å². The third kappa shape index (κ3) is 4.33. The number of esters is 1. The van der Waals surface area contributed by atoms with Crippen molar-refractivity contribution in [1.82, 2.24) is 0 Å². The van der Waals surface area contributed by atoms with Crippen LogP contribution < -0.4 is 0 Å². The number of carbonyl (C=O) groups is 2. The normalized spacial score (nSPS) is 12.2. The lowest BCUT2D eigenvalue weighted by Gasteiger charge is -2.04. The molecule has 1 atom stereocenters. The average molecular weight is 239 g/mol. The third-order valence-electron chi connectivity index (χ3n) is 1.17. The molecule has 0 aliphatic heterocycles. The largest absolute Gasteiger partial charge is 0.480 e. The number of unbranched alkanes of at least 4 members (excludes halogenated alkanes) is 1. The van der Waals surface area contributed by atoms with Crippen LogP contribution in [0, 0.1) is 0 Å². The number of alkyl halides is 1. The fourth-order valence-electron chi connectivity index (χ4n) is 0.491. The van der Waals surface area contributed by atoms with Gasteiger partial charge in [0, 0.05) is 0 Å². The van der Waals surface area contributed by atoms with E-state index in [9.17, 15) is 9.59 Å². The lowest BCUT2D eigenvalue weighted by molar-refractivity contribution is -0.150. The van der Waals surface area contributed by atoms with Crippen molar-refractivity contribution in [2.45, 2.75) is 24.6 Å². The highest BCUT2D eigenvalue weighted by molar-refractivity contribution is 9.10. The molecule has 5 heteroatoms. The van der Waals surface area contributed by atoms with Gasteiger partial charge in [-0.2, -0.15) is 0 Å². The van der Waals surface area contributed by atoms with Gasteiger partial charge >= 0.3 is 11.9 Å². The van der Waals surface area contributed by atoms with E-state index in [0.29, 0.717) is 0 Å². The minimum absolute atomic E-state index is 0.282. The standard InChI is InChI=1S/C7H11BrO4/c1-2-3-4-12-7(11)5(8)6(9)10/h5H,2-4H2,1H3,(H,9,10). The highest BCUT2D eigenvalue weighted by Gasteiger charge is 2.23. The van der Waals surface area contributed by atoms with E-state index in [4.69, 9.17) is 5.11 Å². The molecule has 0 heterocycles. The third-order valence-corrected chi connectivity index (χ3v) is 1.93. The lowest BCUT2D eigenvalue weighted by Crippen LogP contribution is -2.26. The summed E-state index contributed by atoms with van der Waals surface area (Å²) in [6, 6.07) is 0. The topological polar surface area (TPSA) is 63.6 Å². The minimum atomic E-state index is -1.24. The Kier molecular flexibility index (Phi) is 5.70. The molecular formula is C7H11BrO4. The van der Waals surface area contributed by atoms with E-state index in [2.05, 4.69) is 20.7 Å². The second-order valence-corrected chi connectivity index (χ2v) is 3.14. The Morgan fingerprint density at radius 3 is 2.58 bits per heavy atom. The zero-order valence-electron chi connectivity index (χ0n) is 6.75. The number of rotatable bonds is 5. The van der Waals surface area contributed by atoms with Crippen molar-refractivity contribution in [3.8, 4) is 0 Å². The van der Waals surface area contributed by atoms with Crippen molar-refractivity contribution < 1.29 is 19.4 Å². The molecule has 0 fully saturated rings. The molecule has 0 aliphatic rings. The molecule has 4 nitrogen and oxygen atoms in total. The van der Waals surface area contributed by atoms with Crippen LogP contribution in [0.15, 0.2) is 0 Å². The molecule has 12 heavy (non-hydrogen) atoms. The molecule has 0 spiro atoms. The smallest absolute Gasteiger partial charge is 0.331 e. The molecule has 1 unspecified atom stereocenters. The molecule has 0 bridgehead atoms. The molecule has 0 aromatic rings. The highest BCUT2D eigenvalue weighted by atomic mass is 79.9. The summed E-state index contributed by atoms with van der Waals surface area (Å²) in [7, 11) is 0. The van der Waals surface area contributed by atoms with Gasteiger partial charge in [-0.25, -0.2) is 0 Å². The zero-order chi connectivity index (χ0) is 9.56. The van der Waals surface area contributed by atoms with Crippen LogP contribution in [-0.2, 0) is 14.3 Å². The fourth-order valence-corrected chi connectivity index (χ4v) is 0.623. The molecule has 0 saturated carbocycles. The van der Waals surface area contributed by atoms with Crippen LogP contribution in [0.2, 0.25) is 0 Å². The SMILES string of the molecule is CCCCOC(=O)C(Br)C(=O)O. The van der Waals surface area contributed by atoms with Crippen molar-refractivity contribution in [3.63, 3.8) is 0 Å². The maximum atomic E-state index is 10.8. The number of hydrogen-bond acceptors (Lipinski definition) is 3. The van der Waals surface area contributed by atoms with Crippen LogP contribution in [0.5, 0.6) is 0 Å². The van der Waals surface area contributed by atoms with E-state index in [1.54, 1.807) is 0 Å². The molecule has 1 N–H and O–H groups in total. The summed E-state index contributed by atoms with van der Waals surface area (Å²) in [5.41, 5.74) is 0. The number of carboxylic acids is 1. The van der Waals surface area contributed by atoms with Gasteiger partial charge in [-0.05, 0) is 6.42 Å². The molecule has 0 radical (unpaired) electrons. The van der Waals surface area contributed by atoms with Gasteiger partial charge in [-0.15, -0.1) is 0 Å². The van der Waals surface area contributed by atoms with E-state index in [1.165, 1.54) is 0 Å². The molecule has 0 aromatic heterocycles. The van der Waals surface area contributed by atoms with Crippen LogP contribution in [0.4, 0.5) is 0 Å². The molecule has 0 aromatic carbocycles. The summed E-state index contributed by atoms with van der Waals surface area (Å²) in [4.78, 5) is 19.8. The van der Waals surface area contributed by atoms with Gasteiger partial charge in [-0.1, -0.05) is 29.3 Å². The van der Waals surface area contributed by atoms with Gasteiger partial charge in [0.1, 0.15) is 0 Å². The summed E-state index contributed by atoms with van der Waals surface area (Å²) in [5.74, 6) is -1.97. The first-order chi connectivity index (χ1) is 5.59. The molecule has 70 valence electrons. The number of carbonyl (C=O) groups excluding carboxylic acids is 1. The molecule has 0 amide bonds. The number of halogens is 1. The Labute approximate surface area is 79.0 Å². The van der Waals surface area contributed by atoms with Gasteiger partial charge in [0.15, 0.2) is 0 Å². The predicted octanol–water partition coefficient (Wildman–Crippen LogP) is 1.18. The predicted molar refractivity (Wildman–Crippen MR) is 46.2 cm³/mol. The summed E-state index contributed by atoms with van der Waals surface area (Å²) in [6.45, 7) is 2.24. The summed E-state index contributed by atoms with van der Waals surface area (Å²) in [5, 5.41) is 8.36. The summed E-state index contributed by atoms with van der Waals surface area (Å²) >= 11 is 2.69. The Hall–Kier alpha value is -0.580. The first-order valence-electron chi connectivity index (χ1n) is 3.63. The second kappa shape index (κ2) is 5.99. The van der Waals surface area contributed by atoms with Gasteiger partial charge in [0.25, 0.3) is 0 Å². The van der Waals surface area contributed by atoms with Crippen molar-refractivity contribution >= 4 is 27.9 Å². The minimum Gasteiger partial charge on any atom is -0.480 e. The van der Waals surface area contributed by atoms with Crippen molar-refractivity contribution in [2.75, 3.05) is 6.61 Å². The quantitative estimate of drug-likeness (QED) is 0.338. The van der Waals surface area contributed by atoms with Crippen LogP contribution in [-0.4, -0.2) is 28.5 Å². The zero-order valence-corrected chi connectivity index (χ0v) is 8.33. The Morgan fingerprint density at radius 1 is 1.58 bits per heavy atom. The van der Waals surface area contributed by atoms with Crippen molar-refractivity contribution in [3.05, 3.63) is 0 Å². The Balaban J connectivity index is 3.65. The van der Waals surface area contributed by atoms with Crippen LogP contribution in [0.1, 0.15) is 19.8 Å². The van der Waals surface area contributed by atoms with E-state index < -0.39 is 16.8 Å². The monoisotopic (exact) mass is 238 g/mol. The number of hydrogen-bond donors (Lipinski definition) is 1. The molecule has 0 aliphatic carbocycles. The molecule has 0 saturated heterocycles. The van der Waals surface area contributed by atoms with Crippen LogP contribution in [0.25, 0.3) is 0 Å². The number of carboxylic acid groups (broad SMARTS) is 1. The summed E-state index contributed by atoms with van der Waals surface area (Å²) < 4.78 is 4.64. The molecular weight excluding hydrogens is 228 g/mol. The van der Waals surface area contributed by atoms with Gasteiger partial charge in [0.2, 0.25) is 4.83 Å². The first-order valence-corrected chi connectivity index (χ1v) is 4.54. The van der Waals surface area contributed by atoms with Crippen molar-refractivity contribution in [2.24, 2.45) is 0 Å². The Bertz CT molecular complexity index is 169. The molecule has 0 rings (SSSR count). The van der Waals surface area contributed by atoms with Crippen molar-refractivity contribution in [1.29, 1.82) is 0 Å². The van der Waals surface area contributed by atoms with Gasteiger partial charge in [0.05, 0.1) is 6.61 Å². The van der Waals surface area contributed by atoms with Crippen LogP contribution in [0.3, 0.4) is 0 Å². The Morgan fingerprint density at radius 2 is 2.17 bits per heavy atom. The fraction of sp³-hybridized carbons (Fsp3) is 0.714. The van der Waals surface area contributed by atoms with Crippen LogP contribution >= 0.6 is 15.9 Å². The maximum Gasteiger partial charge on any atom is 0.331 e. The van der Waals surface area contributed by atoms with E-state index in [-0.39, 0.29) is 6.61 Å². The number of aliphatic carboxylic acids is 1. The van der Waals surface area contributed by atoms with E-state index in [1.807, 2.05) is 6.92 Å². The maximum absolute atomic E-state index is 10.8. The first kappa shape index (κ1) is 11.4. The van der Waals surface area contributed by atoms with Gasteiger partial charge < -0.3 is 9.84 Å². The second-order valence-electron chi connectivity index (χ2n) is 2.22. The van der Waals surface area contributed by atoms with Gasteiger partial charge in [-0.3, -0.25) is 9.59 Å². The lowest BCUT2D eigenvalue weighted by atomic mass is 10.3. The highest BCUT2D eigenvalue weighted by Crippen LogP contribution is 2.02.